The van der Waals surface area contributed by atoms with Gasteiger partial charge in [0, 0.05) is 12.0 Å². The van der Waals surface area contributed by atoms with Gasteiger partial charge in [-0.2, -0.15) is 12.6 Å². The molecule has 0 amide bonds. The zero-order valence-electron chi connectivity index (χ0n) is 12.5. The number of nitrogens with one attached hydrogen (secondary N) is 1. The summed E-state index contributed by atoms with van der Waals surface area (Å²) >= 11 is 3.53. The summed E-state index contributed by atoms with van der Waals surface area (Å²) in [6, 6.07) is 0. The first-order valence-electron chi connectivity index (χ1n) is 6.11. The third-order valence-corrected chi connectivity index (χ3v) is 2.34. The van der Waals surface area contributed by atoms with Crippen molar-refractivity contribution >= 4 is 12.6 Å². The molecule has 0 aliphatic heterocycles. The molecule has 0 saturated carbocycles. The second-order valence-electron chi connectivity index (χ2n) is 5.84. The largest absolute Gasteiger partial charge is 0.380 e. The maximum Gasteiger partial charge on any atom is 0.0529 e. The van der Waals surface area contributed by atoms with Crippen LogP contribution in [0.5, 0.6) is 0 Å². The maximum absolute atomic E-state index is 5.78. The van der Waals surface area contributed by atoms with Gasteiger partial charge in [0.25, 0.3) is 0 Å². The van der Waals surface area contributed by atoms with Crippen molar-refractivity contribution in [1.29, 1.82) is 0 Å². The summed E-state index contributed by atoms with van der Waals surface area (Å²) in [6.07, 6.45) is 4.65. The van der Waals surface area contributed by atoms with Crippen LogP contribution >= 0.6 is 12.6 Å². The molecule has 0 fully saturated rings. The fraction of sp³-hybridized carbons (Fsp3) is 0.857. The Bertz CT molecular complexity index is 191. The molecule has 0 saturated heterocycles. The molecule has 104 valence electrons. The Morgan fingerprint density at radius 1 is 1.12 bits per heavy atom. The lowest BCUT2D eigenvalue weighted by Gasteiger charge is -2.28. The van der Waals surface area contributed by atoms with E-state index >= 15 is 0 Å². The number of hydrogen-bond donors (Lipinski definition) is 2. The van der Waals surface area contributed by atoms with E-state index in [1.165, 1.54) is 0 Å². The van der Waals surface area contributed by atoms with E-state index in [0.717, 1.165) is 26.2 Å². The summed E-state index contributed by atoms with van der Waals surface area (Å²) in [5.41, 5.74) is 0.413. The van der Waals surface area contributed by atoms with Gasteiger partial charge in [0.15, 0.2) is 0 Å². The van der Waals surface area contributed by atoms with Gasteiger partial charge in [-0.05, 0) is 25.1 Å². The van der Waals surface area contributed by atoms with Crippen LogP contribution in [-0.4, -0.2) is 33.1 Å². The summed E-state index contributed by atoms with van der Waals surface area (Å²) in [7, 11) is 1.98. The lowest BCUT2D eigenvalue weighted by Crippen LogP contribution is -2.32. The monoisotopic (exact) mass is 261 g/mol. The molecule has 0 aromatic rings. The van der Waals surface area contributed by atoms with Crippen LogP contribution in [0.15, 0.2) is 12.7 Å². The molecular weight excluding hydrogens is 230 g/mol. The topological polar surface area (TPSA) is 21.3 Å². The average molecular weight is 261 g/mol. The van der Waals surface area contributed by atoms with Crippen molar-refractivity contribution in [2.75, 3.05) is 33.1 Å². The summed E-state index contributed by atoms with van der Waals surface area (Å²) in [5, 5.41) is 3.18. The zero-order chi connectivity index (χ0) is 13.9. The van der Waals surface area contributed by atoms with Crippen molar-refractivity contribution in [2.45, 2.75) is 34.1 Å². The second kappa shape index (κ2) is 9.98. The van der Waals surface area contributed by atoms with Crippen LogP contribution in [0.2, 0.25) is 0 Å². The number of ether oxygens (including phenoxy) is 1. The highest BCUT2D eigenvalue weighted by atomic mass is 32.1. The molecule has 0 spiro atoms. The van der Waals surface area contributed by atoms with Gasteiger partial charge in [0.2, 0.25) is 0 Å². The number of hydrogen-bond acceptors (Lipinski definition) is 3. The predicted molar refractivity (Wildman–Crippen MR) is 82.0 cm³/mol. The van der Waals surface area contributed by atoms with E-state index in [1.807, 2.05) is 13.1 Å². The lowest BCUT2D eigenvalue weighted by atomic mass is 9.90. The van der Waals surface area contributed by atoms with Gasteiger partial charge in [-0.25, -0.2) is 0 Å². The normalized spacial score (nSPS) is 11.7. The molecule has 0 unspecified atom stereocenters. The van der Waals surface area contributed by atoms with Gasteiger partial charge in [-0.1, -0.05) is 33.8 Å². The van der Waals surface area contributed by atoms with E-state index in [-0.39, 0.29) is 10.8 Å². The summed E-state index contributed by atoms with van der Waals surface area (Å²) in [6.45, 7) is 15.2. The molecule has 0 aliphatic rings. The summed E-state index contributed by atoms with van der Waals surface area (Å²) in [5.74, 6) is 0. The Morgan fingerprint density at radius 2 is 1.59 bits per heavy atom. The average Bonchev–Trinajstić information content (AvgIpc) is 2.19. The third kappa shape index (κ3) is 12.3. The molecule has 0 aliphatic carbocycles. The SMILES string of the molecule is C=CCC(C)(C)COCC(C)(C)CNC.CS. The van der Waals surface area contributed by atoms with Gasteiger partial charge in [0.1, 0.15) is 0 Å². The Hall–Kier alpha value is 0.0100. The lowest BCUT2D eigenvalue weighted by molar-refractivity contribution is 0.0170. The minimum absolute atomic E-state index is 0.206. The Morgan fingerprint density at radius 3 is 2.00 bits per heavy atom. The van der Waals surface area contributed by atoms with E-state index in [4.69, 9.17) is 4.74 Å². The van der Waals surface area contributed by atoms with E-state index in [1.54, 1.807) is 6.26 Å². The van der Waals surface area contributed by atoms with E-state index in [9.17, 15) is 0 Å². The summed E-state index contributed by atoms with van der Waals surface area (Å²) in [4.78, 5) is 0. The smallest absolute Gasteiger partial charge is 0.0529 e. The number of rotatable bonds is 8. The first kappa shape index (κ1) is 19.4. The van der Waals surface area contributed by atoms with Crippen LogP contribution in [0, 0.1) is 10.8 Å². The molecule has 0 aromatic heterocycles. The Balaban J connectivity index is 0. The van der Waals surface area contributed by atoms with Crippen LogP contribution in [0.25, 0.3) is 0 Å². The quantitative estimate of drug-likeness (QED) is 0.516. The molecule has 17 heavy (non-hydrogen) atoms. The van der Waals surface area contributed by atoms with E-state index < -0.39 is 0 Å². The molecule has 0 heterocycles. The van der Waals surface area contributed by atoms with Crippen LogP contribution in [0.3, 0.4) is 0 Å². The van der Waals surface area contributed by atoms with E-state index in [2.05, 4.69) is 52.2 Å². The van der Waals surface area contributed by atoms with Crippen LogP contribution in [0.4, 0.5) is 0 Å². The van der Waals surface area contributed by atoms with Gasteiger partial charge in [-0.3, -0.25) is 0 Å². The second-order valence-corrected chi connectivity index (χ2v) is 5.84. The highest BCUT2D eigenvalue weighted by Gasteiger charge is 2.20. The van der Waals surface area contributed by atoms with Gasteiger partial charge >= 0.3 is 0 Å². The minimum Gasteiger partial charge on any atom is -0.380 e. The molecule has 0 aromatic carbocycles. The fourth-order valence-corrected chi connectivity index (χ4v) is 1.58. The van der Waals surface area contributed by atoms with Crippen LogP contribution in [-0.2, 0) is 4.74 Å². The fourth-order valence-electron chi connectivity index (χ4n) is 1.58. The van der Waals surface area contributed by atoms with Crippen molar-refractivity contribution in [3.8, 4) is 0 Å². The van der Waals surface area contributed by atoms with Crippen molar-refractivity contribution in [2.24, 2.45) is 10.8 Å². The predicted octanol–water partition coefficient (Wildman–Crippen LogP) is 3.40. The standard InChI is InChI=1S/C13H27NO.CH4S/c1-7-8-12(2,3)10-15-11-13(4,5)9-14-6;1-2/h7,14H,1,8-11H2,2-6H3;2H,1H3. The molecule has 0 radical (unpaired) electrons. The Kier molecular flexibility index (Phi) is 11.4. The first-order chi connectivity index (χ1) is 7.83. The highest BCUT2D eigenvalue weighted by Crippen LogP contribution is 2.22. The third-order valence-electron chi connectivity index (χ3n) is 2.34. The van der Waals surface area contributed by atoms with Crippen LogP contribution < -0.4 is 5.32 Å². The molecule has 1 N–H and O–H groups in total. The van der Waals surface area contributed by atoms with Crippen molar-refractivity contribution in [3.05, 3.63) is 12.7 Å². The molecular formula is C14H31NOS. The maximum atomic E-state index is 5.78. The number of allylic oxidation sites excluding steroid dienone is 1. The van der Waals surface area contributed by atoms with Crippen molar-refractivity contribution < 1.29 is 4.74 Å². The Labute approximate surface area is 114 Å². The molecule has 2 nitrogen and oxygen atoms in total. The van der Waals surface area contributed by atoms with Crippen LogP contribution in [0.1, 0.15) is 34.1 Å². The highest BCUT2D eigenvalue weighted by molar-refractivity contribution is 7.79. The van der Waals surface area contributed by atoms with Crippen molar-refractivity contribution in [1.82, 2.24) is 5.32 Å². The molecule has 0 atom stereocenters. The molecule has 3 heteroatoms. The van der Waals surface area contributed by atoms with E-state index in [0.29, 0.717) is 0 Å². The first-order valence-corrected chi connectivity index (χ1v) is 7.00. The zero-order valence-corrected chi connectivity index (χ0v) is 13.4. The number of thiol groups is 1. The summed E-state index contributed by atoms with van der Waals surface area (Å²) < 4.78 is 5.78. The minimum atomic E-state index is 0.206. The van der Waals surface area contributed by atoms with Gasteiger partial charge < -0.3 is 10.1 Å². The van der Waals surface area contributed by atoms with Gasteiger partial charge in [0.05, 0.1) is 13.2 Å². The molecule has 0 bridgehead atoms. The van der Waals surface area contributed by atoms with Gasteiger partial charge in [-0.15, -0.1) is 6.58 Å². The molecule has 0 rings (SSSR count). The van der Waals surface area contributed by atoms with Crippen molar-refractivity contribution in [3.63, 3.8) is 0 Å².